The Labute approximate surface area is 142 Å². The van der Waals surface area contributed by atoms with E-state index in [1.54, 1.807) is 25.4 Å². The Morgan fingerprint density at radius 1 is 1.17 bits per heavy atom. The molecule has 3 rings (SSSR count). The van der Waals surface area contributed by atoms with Crippen molar-refractivity contribution in [3.63, 3.8) is 0 Å². The van der Waals surface area contributed by atoms with Crippen LogP contribution in [-0.2, 0) is 16.6 Å². The highest BCUT2D eigenvalue weighted by atomic mass is 32.2. The molecule has 6 nitrogen and oxygen atoms in total. The average molecular weight is 347 g/mol. The number of sulfonamides is 1. The second kappa shape index (κ2) is 7.19. The lowest BCUT2D eigenvalue weighted by Crippen LogP contribution is -2.24. The van der Waals surface area contributed by atoms with Gasteiger partial charge in [-0.25, -0.2) is 18.1 Å². The van der Waals surface area contributed by atoms with Gasteiger partial charge < -0.3 is 9.64 Å². The minimum atomic E-state index is -3.55. The van der Waals surface area contributed by atoms with Crippen LogP contribution < -0.4 is 14.4 Å². The van der Waals surface area contributed by atoms with E-state index in [0.29, 0.717) is 5.75 Å². The molecule has 0 unspecified atom stereocenters. The van der Waals surface area contributed by atoms with Crippen LogP contribution >= 0.6 is 0 Å². The van der Waals surface area contributed by atoms with Crippen molar-refractivity contribution in [1.82, 2.24) is 9.71 Å². The fourth-order valence-electron chi connectivity index (χ4n) is 2.71. The van der Waals surface area contributed by atoms with Crippen molar-refractivity contribution in [2.45, 2.75) is 24.3 Å². The predicted molar refractivity (Wildman–Crippen MR) is 92.7 cm³/mol. The number of aromatic nitrogens is 1. The number of benzene rings is 1. The van der Waals surface area contributed by atoms with Gasteiger partial charge in [0.1, 0.15) is 11.6 Å². The van der Waals surface area contributed by atoms with Crippen LogP contribution in [0.2, 0.25) is 0 Å². The molecule has 2 heterocycles. The fourth-order valence-corrected chi connectivity index (χ4v) is 3.72. The number of hydrogen-bond acceptors (Lipinski definition) is 5. The van der Waals surface area contributed by atoms with E-state index >= 15 is 0 Å². The third-order valence-corrected chi connectivity index (χ3v) is 5.49. The number of ether oxygens (including phenoxy) is 1. The first-order valence-corrected chi connectivity index (χ1v) is 9.40. The zero-order valence-electron chi connectivity index (χ0n) is 13.6. The van der Waals surface area contributed by atoms with Crippen LogP contribution in [0.5, 0.6) is 5.75 Å². The fraction of sp³-hybridized carbons (Fsp3) is 0.353. The molecule has 24 heavy (non-hydrogen) atoms. The SMILES string of the molecule is COc1ccc(S(=O)(=O)NCc2ccnc(N3CCCC3)c2)cc1. The Bertz CT molecular complexity index is 785. The summed E-state index contributed by atoms with van der Waals surface area (Å²) < 4.78 is 32.4. The maximum Gasteiger partial charge on any atom is 0.240 e. The van der Waals surface area contributed by atoms with E-state index < -0.39 is 10.0 Å². The number of pyridine rings is 1. The summed E-state index contributed by atoms with van der Waals surface area (Å²) in [7, 11) is -2.01. The van der Waals surface area contributed by atoms with Crippen LogP contribution in [0, 0.1) is 0 Å². The van der Waals surface area contributed by atoms with Crippen LogP contribution in [0.15, 0.2) is 47.5 Å². The Kier molecular flexibility index (Phi) is 5.01. The molecule has 2 aromatic rings. The van der Waals surface area contributed by atoms with Crippen molar-refractivity contribution in [1.29, 1.82) is 0 Å². The maximum atomic E-state index is 12.4. The molecule has 0 aliphatic carbocycles. The molecule has 1 aromatic heterocycles. The number of rotatable bonds is 6. The highest BCUT2D eigenvalue weighted by Gasteiger charge is 2.16. The van der Waals surface area contributed by atoms with E-state index in [1.807, 2.05) is 12.1 Å². The molecule has 1 aliphatic rings. The van der Waals surface area contributed by atoms with Crippen molar-refractivity contribution in [2.75, 3.05) is 25.1 Å². The van der Waals surface area contributed by atoms with Gasteiger partial charge in [-0.3, -0.25) is 0 Å². The Morgan fingerprint density at radius 3 is 2.54 bits per heavy atom. The third kappa shape index (κ3) is 3.85. The van der Waals surface area contributed by atoms with Crippen LogP contribution in [0.25, 0.3) is 0 Å². The average Bonchev–Trinajstić information content (AvgIpc) is 3.15. The topological polar surface area (TPSA) is 71.5 Å². The van der Waals surface area contributed by atoms with E-state index in [-0.39, 0.29) is 11.4 Å². The molecule has 128 valence electrons. The van der Waals surface area contributed by atoms with Crippen LogP contribution in [0.1, 0.15) is 18.4 Å². The summed E-state index contributed by atoms with van der Waals surface area (Å²) in [4.78, 5) is 6.82. The Balaban J connectivity index is 1.68. The van der Waals surface area contributed by atoms with Gasteiger partial charge >= 0.3 is 0 Å². The molecule has 0 spiro atoms. The summed E-state index contributed by atoms with van der Waals surface area (Å²) >= 11 is 0. The summed E-state index contributed by atoms with van der Waals surface area (Å²) in [6.45, 7) is 2.25. The molecule has 1 aliphatic heterocycles. The first-order valence-electron chi connectivity index (χ1n) is 7.92. The van der Waals surface area contributed by atoms with Crippen molar-refractivity contribution in [3.05, 3.63) is 48.2 Å². The lowest BCUT2D eigenvalue weighted by atomic mass is 10.2. The lowest BCUT2D eigenvalue weighted by Gasteiger charge is -2.17. The number of hydrogen-bond donors (Lipinski definition) is 1. The van der Waals surface area contributed by atoms with Gasteiger partial charge in [0.05, 0.1) is 12.0 Å². The summed E-state index contributed by atoms with van der Waals surface area (Å²) in [5.41, 5.74) is 0.893. The summed E-state index contributed by atoms with van der Waals surface area (Å²) in [5.74, 6) is 1.53. The normalized spacial score (nSPS) is 14.8. The molecule has 1 fully saturated rings. The molecule has 0 amide bonds. The second-order valence-corrected chi connectivity index (χ2v) is 7.48. The number of anilines is 1. The van der Waals surface area contributed by atoms with Gasteiger partial charge in [-0.05, 0) is 54.8 Å². The smallest absolute Gasteiger partial charge is 0.240 e. The van der Waals surface area contributed by atoms with Crippen LogP contribution in [0.3, 0.4) is 0 Å². The van der Waals surface area contributed by atoms with Crippen molar-refractivity contribution in [2.24, 2.45) is 0 Å². The van der Waals surface area contributed by atoms with Crippen molar-refractivity contribution >= 4 is 15.8 Å². The second-order valence-electron chi connectivity index (χ2n) is 5.72. The van der Waals surface area contributed by atoms with E-state index in [1.165, 1.54) is 25.0 Å². The number of methoxy groups -OCH3 is 1. The monoisotopic (exact) mass is 347 g/mol. The van der Waals surface area contributed by atoms with Gasteiger partial charge in [-0.2, -0.15) is 0 Å². The maximum absolute atomic E-state index is 12.4. The van der Waals surface area contributed by atoms with Crippen molar-refractivity contribution in [3.8, 4) is 5.75 Å². The first kappa shape index (κ1) is 16.7. The Hall–Kier alpha value is -2.12. The van der Waals surface area contributed by atoms with E-state index in [2.05, 4.69) is 14.6 Å². The molecular weight excluding hydrogens is 326 g/mol. The molecule has 1 saturated heterocycles. The zero-order chi connectivity index (χ0) is 17.0. The molecule has 7 heteroatoms. The van der Waals surface area contributed by atoms with Gasteiger partial charge in [0, 0.05) is 25.8 Å². The minimum Gasteiger partial charge on any atom is -0.497 e. The third-order valence-electron chi connectivity index (χ3n) is 4.08. The van der Waals surface area contributed by atoms with Gasteiger partial charge in [-0.1, -0.05) is 0 Å². The summed E-state index contributed by atoms with van der Waals surface area (Å²) in [6, 6.07) is 10.1. The quantitative estimate of drug-likeness (QED) is 0.867. The van der Waals surface area contributed by atoms with Gasteiger partial charge in [-0.15, -0.1) is 0 Å². The molecular formula is C17H21N3O3S. The van der Waals surface area contributed by atoms with Crippen LogP contribution in [-0.4, -0.2) is 33.6 Å². The lowest BCUT2D eigenvalue weighted by molar-refractivity contribution is 0.414. The molecule has 1 aromatic carbocycles. The van der Waals surface area contributed by atoms with Crippen LogP contribution in [0.4, 0.5) is 5.82 Å². The standard InChI is InChI=1S/C17H21N3O3S/c1-23-15-4-6-16(7-5-15)24(21,22)19-13-14-8-9-18-17(12-14)20-10-2-3-11-20/h4-9,12,19H,2-3,10-11,13H2,1H3. The summed E-state index contributed by atoms with van der Waals surface area (Å²) in [6.07, 6.45) is 4.08. The summed E-state index contributed by atoms with van der Waals surface area (Å²) in [5, 5.41) is 0. The molecule has 0 radical (unpaired) electrons. The van der Waals surface area contributed by atoms with Gasteiger partial charge in [0.2, 0.25) is 10.0 Å². The van der Waals surface area contributed by atoms with E-state index in [9.17, 15) is 8.42 Å². The minimum absolute atomic E-state index is 0.220. The first-order chi connectivity index (χ1) is 11.6. The van der Waals surface area contributed by atoms with E-state index in [0.717, 1.165) is 24.5 Å². The predicted octanol–water partition coefficient (Wildman–Crippen LogP) is 2.17. The molecule has 0 atom stereocenters. The molecule has 0 saturated carbocycles. The highest BCUT2D eigenvalue weighted by molar-refractivity contribution is 7.89. The molecule has 1 N–H and O–H groups in total. The van der Waals surface area contributed by atoms with Gasteiger partial charge in [0.15, 0.2) is 0 Å². The van der Waals surface area contributed by atoms with Gasteiger partial charge in [0.25, 0.3) is 0 Å². The zero-order valence-corrected chi connectivity index (χ0v) is 14.4. The van der Waals surface area contributed by atoms with E-state index in [4.69, 9.17) is 4.74 Å². The number of nitrogens with zero attached hydrogens (tertiary/aromatic N) is 2. The number of nitrogens with one attached hydrogen (secondary N) is 1. The van der Waals surface area contributed by atoms with Crippen molar-refractivity contribution < 1.29 is 13.2 Å². The highest BCUT2D eigenvalue weighted by Crippen LogP contribution is 2.19. The largest absolute Gasteiger partial charge is 0.497 e. The Morgan fingerprint density at radius 2 is 1.88 bits per heavy atom. The molecule has 0 bridgehead atoms.